The Hall–Kier alpha value is -3.15. The Morgan fingerprint density at radius 1 is 1.00 bits per heavy atom. The molecule has 4 rings (SSSR count). The van der Waals surface area contributed by atoms with Crippen molar-refractivity contribution in [3.63, 3.8) is 0 Å². The number of carbonyl (C=O) groups is 3. The normalized spacial score (nSPS) is 19.1. The van der Waals surface area contributed by atoms with Crippen LogP contribution < -0.4 is 5.32 Å². The quantitative estimate of drug-likeness (QED) is 0.617. The first-order valence-electron chi connectivity index (χ1n) is 10.5. The van der Waals surface area contributed by atoms with Gasteiger partial charge in [0.15, 0.2) is 0 Å². The summed E-state index contributed by atoms with van der Waals surface area (Å²) in [7, 11) is 0. The van der Waals surface area contributed by atoms with Gasteiger partial charge in [-0.1, -0.05) is 31.0 Å². The number of hydrogen-bond donors (Lipinski definition) is 1. The molecule has 0 atom stereocenters. The summed E-state index contributed by atoms with van der Waals surface area (Å²) in [6.07, 6.45) is 5.19. The first-order valence-corrected chi connectivity index (χ1v) is 10.5. The van der Waals surface area contributed by atoms with Gasteiger partial charge in [-0.15, -0.1) is 0 Å². The Morgan fingerprint density at radius 2 is 1.63 bits per heavy atom. The maximum absolute atomic E-state index is 13.1. The fourth-order valence-electron chi connectivity index (χ4n) is 4.76. The summed E-state index contributed by atoms with van der Waals surface area (Å²) in [4.78, 5) is 39.2. The third-order valence-corrected chi connectivity index (χ3v) is 6.26. The highest BCUT2D eigenvalue weighted by atomic mass is 16.2. The molecule has 1 aliphatic heterocycles. The number of urea groups is 1. The summed E-state index contributed by atoms with van der Waals surface area (Å²) in [5.74, 6) is -1.12. The predicted octanol–water partition coefficient (Wildman–Crippen LogP) is 4.12. The Morgan fingerprint density at radius 3 is 2.27 bits per heavy atom. The number of para-hydroxylation sites is 1. The number of nitrogens with zero attached hydrogens (tertiary/aromatic N) is 2. The van der Waals surface area contributed by atoms with Crippen molar-refractivity contribution in [3.05, 3.63) is 57.9 Å². The number of aromatic nitrogens is 1. The van der Waals surface area contributed by atoms with Gasteiger partial charge in [-0.3, -0.25) is 19.8 Å². The molecule has 4 amide bonds. The number of hydrogen-bond acceptors (Lipinski definition) is 3. The minimum Gasteiger partial charge on any atom is -0.317 e. The van der Waals surface area contributed by atoms with E-state index in [4.69, 9.17) is 0 Å². The summed E-state index contributed by atoms with van der Waals surface area (Å²) in [6.45, 7) is 8.14. The van der Waals surface area contributed by atoms with Crippen LogP contribution in [0.15, 0.2) is 29.8 Å². The molecule has 2 heterocycles. The number of aryl methyl sites for hydroxylation is 3. The largest absolute Gasteiger partial charge is 0.331 e. The molecule has 1 saturated carbocycles. The molecule has 0 unspecified atom stereocenters. The topological polar surface area (TPSA) is 71.4 Å². The lowest BCUT2D eigenvalue weighted by molar-refractivity contribution is -0.131. The van der Waals surface area contributed by atoms with Gasteiger partial charge in [-0.25, -0.2) is 4.79 Å². The molecule has 2 aromatic rings. The fourth-order valence-corrected chi connectivity index (χ4v) is 4.76. The first kappa shape index (κ1) is 20.1. The summed E-state index contributed by atoms with van der Waals surface area (Å²) in [6, 6.07) is 7.42. The van der Waals surface area contributed by atoms with Crippen LogP contribution in [0.1, 0.15) is 53.8 Å². The Kier molecular flexibility index (Phi) is 5.10. The molecule has 0 spiro atoms. The second-order valence-corrected chi connectivity index (χ2v) is 8.33. The molecule has 6 heteroatoms. The number of rotatable bonds is 3. The Balaban J connectivity index is 1.77. The molecule has 1 aromatic carbocycles. The van der Waals surface area contributed by atoms with Gasteiger partial charge in [0.05, 0.1) is 5.69 Å². The maximum Gasteiger partial charge on any atom is 0.331 e. The van der Waals surface area contributed by atoms with Gasteiger partial charge >= 0.3 is 6.03 Å². The molecule has 6 nitrogen and oxygen atoms in total. The molecule has 2 aliphatic rings. The van der Waals surface area contributed by atoms with E-state index in [1.165, 1.54) is 4.90 Å². The van der Waals surface area contributed by atoms with E-state index in [1.807, 2.05) is 26.0 Å². The number of amides is 4. The van der Waals surface area contributed by atoms with E-state index in [-0.39, 0.29) is 11.6 Å². The van der Waals surface area contributed by atoms with Gasteiger partial charge < -0.3 is 4.57 Å². The molecule has 1 aromatic heterocycles. The van der Waals surface area contributed by atoms with Gasteiger partial charge in [0.25, 0.3) is 11.8 Å². The SMILES string of the molecule is Cc1cccc(C)c1-n1c(C)cc(/C=C2\C(=O)NC(=O)N(C3CCCC3)C2=O)c1C. The highest BCUT2D eigenvalue weighted by Crippen LogP contribution is 2.30. The second-order valence-electron chi connectivity index (χ2n) is 8.33. The zero-order valence-electron chi connectivity index (χ0n) is 17.9. The van der Waals surface area contributed by atoms with Crippen molar-refractivity contribution in [3.8, 4) is 5.69 Å². The summed E-state index contributed by atoms with van der Waals surface area (Å²) in [5.41, 5.74) is 6.20. The first-order chi connectivity index (χ1) is 14.3. The van der Waals surface area contributed by atoms with Gasteiger partial charge in [0.2, 0.25) is 0 Å². The zero-order valence-corrected chi connectivity index (χ0v) is 17.9. The van der Waals surface area contributed by atoms with Crippen molar-refractivity contribution < 1.29 is 14.4 Å². The third-order valence-electron chi connectivity index (χ3n) is 6.26. The third kappa shape index (κ3) is 3.26. The lowest BCUT2D eigenvalue weighted by atomic mass is 10.1. The van der Waals surface area contributed by atoms with E-state index in [0.29, 0.717) is 0 Å². The van der Waals surface area contributed by atoms with E-state index >= 15 is 0 Å². The molecule has 0 bridgehead atoms. The second kappa shape index (κ2) is 7.59. The van der Waals surface area contributed by atoms with Crippen LogP contribution in [0, 0.1) is 27.7 Å². The number of imide groups is 2. The molecule has 1 N–H and O–H groups in total. The van der Waals surface area contributed by atoms with Crippen LogP contribution in [0.25, 0.3) is 11.8 Å². The van der Waals surface area contributed by atoms with E-state index in [9.17, 15) is 14.4 Å². The smallest absolute Gasteiger partial charge is 0.317 e. The van der Waals surface area contributed by atoms with Crippen LogP contribution in [0.3, 0.4) is 0 Å². The van der Waals surface area contributed by atoms with Crippen LogP contribution in [0.5, 0.6) is 0 Å². The Bertz CT molecular complexity index is 1070. The van der Waals surface area contributed by atoms with Crippen molar-refractivity contribution >= 4 is 23.9 Å². The molecular formula is C24H27N3O3. The lowest BCUT2D eigenvalue weighted by Crippen LogP contribution is -2.57. The van der Waals surface area contributed by atoms with Gasteiger partial charge in [0, 0.05) is 17.4 Å². The highest BCUT2D eigenvalue weighted by Gasteiger charge is 2.40. The average Bonchev–Trinajstić information content (AvgIpc) is 3.29. The molecule has 156 valence electrons. The summed E-state index contributed by atoms with van der Waals surface area (Å²) in [5, 5.41) is 2.35. The van der Waals surface area contributed by atoms with E-state index < -0.39 is 17.8 Å². The number of barbiturate groups is 1. The zero-order chi connectivity index (χ0) is 21.6. The average molecular weight is 405 g/mol. The van der Waals surface area contributed by atoms with Crippen molar-refractivity contribution in [2.45, 2.75) is 59.4 Å². The fraction of sp³-hybridized carbons (Fsp3) is 0.375. The van der Waals surface area contributed by atoms with Gasteiger partial charge in [-0.2, -0.15) is 0 Å². The van der Waals surface area contributed by atoms with Crippen LogP contribution >= 0.6 is 0 Å². The van der Waals surface area contributed by atoms with E-state index in [0.717, 1.165) is 59.4 Å². The van der Waals surface area contributed by atoms with Crippen LogP contribution in [0.4, 0.5) is 4.79 Å². The molecule has 2 fully saturated rings. The molecule has 1 aliphatic carbocycles. The van der Waals surface area contributed by atoms with Crippen LogP contribution in [-0.4, -0.2) is 33.4 Å². The predicted molar refractivity (Wildman–Crippen MR) is 115 cm³/mol. The lowest BCUT2D eigenvalue weighted by Gasteiger charge is -2.31. The van der Waals surface area contributed by atoms with E-state index in [2.05, 4.69) is 35.9 Å². The van der Waals surface area contributed by atoms with Crippen LogP contribution in [0.2, 0.25) is 0 Å². The van der Waals surface area contributed by atoms with Crippen molar-refractivity contribution in [2.24, 2.45) is 0 Å². The van der Waals surface area contributed by atoms with Crippen molar-refractivity contribution in [2.75, 3.05) is 0 Å². The van der Waals surface area contributed by atoms with E-state index in [1.54, 1.807) is 6.08 Å². The van der Waals surface area contributed by atoms with Crippen LogP contribution in [-0.2, 0) is 9.59 Å². The molecule has 1 saturated heterocycles. The molecule has 0 radical (unpaired) electrons. The monoisotopic (exact) mass is 405 g/mol. The molecular weight excluding hydrogens is 378 g/mol. The van der Waals surface area contributed by atoms with Crippen molar-refractivity contribution in [1.82, 2.24) is 14.8 Å². The minimum absolute atomic E-state index is 0.0169. The van der Waals surface area contributed by atoms with Crippen molar-refractivity contribution in [1.29, 1.82) is 0 Å². The standard InChI is InChI=1S/C24H27N3O3/c1-14-8-7-9-15(2)21(14)26-16(3)12-18(17(26)4)13-20-22(28)25-24(30)27(23(20)29)19-10-5-6-11-19/h7-9,12-13,19H,5-6,10-11H2,1-4H3,(H,25,28,30)/b20-13+. The highest BCUT2D eigenvalue weighted by molar-refractivity contribution is 6.31. The summed E-state index contributed by atoms with van der Waals surface area (Å²) < 4.78 is 2.15. The number of benzene rings is 1. The maximum atomic E-state index is 13.1. The van der Waals surface area contributed by atoms with Gasteiger partial charge in [-0.05, 0) is 69.4 Å². The Labute approximate surface area is 176 Å². The number of carbonyl (C=O) groups excluding carboxylic acids is 3. The van der Waals surface area contributed by atoms with Gasteiger partial charge in [0.1, 0.15) is 5.57 Å². The minimum atomic E-state index is -0.629. The number of nitrogens with one attached hydrogen (secondary N) is 1. The summed E-state index contributed by atoms with van der Waals surface area (Å²) >= 11 is 0. The molecule has 30 heavy (non-hydrogen) atoms.